The number of halogens is 2. The number of rotatable bonds is 2. The third-order valence-electron chi connectivity index (χ3n) is 2.14. The van der Waals surface area contributed by atoms with Gasteiger partial charge in [-0.1, -0.05) is 23.2 Å². The first kappa shape index (κ1) is 10.7. The molecule has 5 heteroatoms. The fraction of sp³-hybridized carbons (Fsp3) is 0.300. The molecule has 1 aromatic heterocycles. The summed E-state index contributed by atoms with van der Waals surface area (Å²) in [6.07, 6.45) is 1.76. The second kappa shape index (κ2) is 4.00. The maximum Gasteiger partial charge on any atom is 0.0698 e. The van der Waals surface area contributed by atoms with Gasteiger partial charge < -0.3 is 5.73 Å². The lowest BCUT2D eigenvalue weighted by Crippen LogP contribution is -2.22. The molecule has 0 spiro atoms. The molecule has 0 saturated carbocycles. The van der Waals surface area contributed by atoms with E-state index in [1.807, 2.05) is 23.7 Å². The molecule has 2 aromatic rings. The molecule has 0 aliphatic carbocycles. The largest absolute Gasteiger partial charge is 0.326 e. The molecular formula is C10H11Cl2N3. The van der Waals surface area contributed by atoms with Crippen molar-refractivity contribution in [2.75, 3.05) is 0 Å². The van der Waals surface area contributed by atoms with Crippen LogP contribution in [0.4, 0.5) is 0 Å². The maximum atomic E-state index is 5.95. The lowest BCUT2D eigenvalue weighted by Gasteiger charge is -2.06. The van der Waals surface area contributed by atoms with E-state index in [2.05, 4.69) is 5.10 Å². The van der Waals surface area contributed by atoms with Crippen LogP contribution < -0.4 is 5.73 Å². The molecule has 2 rings (SSSR count). The van der Waals surface area contributed by atoms with E-state index in [0.717, 1.165) is 10.9 Å². The molecule has 0 radical (unpaired) electrons. The molecule has 80 valence electrons. The van der Waals surface area contributed by atoms with Crippen molar-refractivity contribution in [2.24, 2.45) is 5.73 Å². The summed E-state index contributed by atoms with van der Waals surface area (Å²) in [5.74, 6) is 0. The predicted molar refractivity (Wildman–Crippen MR) is 63.4 cm³/mol. The van der Waals surface area contributed by atoms with Crippen molar-refractivity contribution < 1.29 is 0 Å². The van der Waals surface area contributed by atoms with Crippen molar-refractivity contribution in [1.29, 1.82) is 0 Å². The summed E-state index contributed by atoms with van der Waals surface area (Å²) in [4.78, 5) is 0. The van der Waals surface area contributed by atoms with Crippen molar-refractivity contribution in [3.63, 3.8) is 0 Å². The van der Waals surface area contributed by atoms with Crippen molar-refractivity contribution in [2.45, 2.75) is 19.5 Å². The first-order chi connectivity index (χ1) is 7.08. The van der Waals surface area contributed by atoms with Gasteiger partial charge in [-0.15, -0.1) is 0 Å². The molecule has 2 N–H and O–H groups in total. The van der Waals surface area contributed by atoms with Crippen molar-refractivity contribution in [3.8, 4) is 0 Å². The summed E-state index contributed by atoms with van der Waals surface area (Å²) in [5.41, 5.74) is 6.68. The van der Waals surface area contributed by atoms with E-state index in [1.165, 1.54) is 0 Å². The molecule has 3 nitrogen and oxygen atoms in total. The lowest BCUT2D eigenvalue weighted by molar-refractivity contribution is 0.553. The molecular weight excluding hydrogens is 233 g/mol. The molecule has 0 fully saturated rings. The molecule has 15 heavy (non-hydrogen) atoms. The van der Waals surface area contributed by atoms with Gasteiger partial charge in [0.2, 0.25) is 0 Å². The molecule has 0 aliphatic rings. The Morgan fingerprint density at radius 1 is 1.40 bits per heavy atom. The van der Waals surface area contributed by atoms with Gasteiger partial charge >= 0.3 is 0 Å². The number of nitrogens with two attached hydrogens (primary N) is 1. The first-order valence-corrected chi connectivity index (χ1v) is 5.39. The highest BCUT2D eigenvalue weighted by atomic mass is 35.5. The molecule has 0 amide bonds. The van der Waals surface area contributed by atoms with Crippen LogP contribution in [0.2, 0.25) is 10.0 Å². The molecule has 1 atom stereocenters. The number of benzene rings is 1. The van der Waals surface area contributed by atoms with Gasteiger partial charge in [-0.2, -0.15) is 5.10 Å². The molecule has 1 heterocycles. The average molecular weight is 244 g/mol. The summed E-state index contributed by atoms with van der Waals surface area (Å²) in [5, 5.41) is 6.30. The standard InChI is InChI=1S/C10H11Cl2N3/c1-6(13)5-15-10-3-9(12)8(11)2-7(10)4-14-15/h2-4,6H,5,13H2,1H3/t6-/m0/s1. The topological polar surface area (TPSA) is 43.8 Å². The summed E-state index contributed by atoms with van der Waals surface area (Å²) in [6, 6.07) is 3.68. The van der Waals surface area contributed by atoms with E-state index in [1.54, 1.807) is 6.20 Å². The summed E-state index contributed by atoms with van der Waals surface area (Å²) >= 11 is 11.9. The van der Waals surface area contributed by atoms with Crippen molar-refractivity contribution in [3.05, 3.63) is 28.4 Å². The second-order valence-corrected chi connectivity index (χ2v) is 4.44. The number of hydrogen-bond donors (Lipinski definition) is 1. The highest BCUT2D eigenvalue weighted by Gasteiger charge is 2.07. The minimum Gasteiger partial charge on any atom is -0.326 e. The van der Waals surface area contributed by atoms with Gasteiger partial charge in [-0.3, -0.25) is 4.68 Å². The summed E-state index contributed by atoms with van der Waals surface area (Å²) in [7, 11) is 0. The van der Waals surface area contributed by atoms with E-state index >= 15 is 0 Å². The van der Waals surface area contributed by atoms with E-state index in [4.69, 9.17) is 28.9 Å². The lowest BCUT2D eigenvalue weighted by atomic mass is 10.2. The van der Waals surface area contributed by atoms with Crippen LogP contribution >= 0.6 is 23.2 Å². The van der Waals surface area contributed by atoms with Crippen LogP contribution in [0.5, 0.6) is 0 Å². The van der Waals surface area contributed by atoms with E-state index in [9.17, 15) is 0 Å². The van der Waals surface area contributed by atoms with Crippen LogP contribution in [0, 0.1) is 0 Å². The second-order valence-electron chi connectivity index (χ2n) is 3.63. The Labute approximate surface area is 97.8 Å². The van der Waals surface area contributed by atoms with E-state index in [0.29, 0.717) is 16.6 Å². The minimum atomic E-state index is 0.0579. The number of nitrogens with zero attached hydrogens (tertiary/aromatic N) is 2. The zero-order valence-corrected chi connectivity index (χ0v) is 9.76. The van der Waals surface area contributed by atoms with Crippen LogP contribution in [-0.2, 0) is 6.54 Å². The Hall–Kier alpha value is -0.770. The van der Waals surface area contributed by atoms with E-state index in [-0.39, 0.29) is 6.04 Å². The Kier molecular flexibility index (Phi) is 2.87. The fourth-order valence-corrected chi connectivity index (χ4v) is 1.82. The molecule has 0 bridgehead atoms. The molecule has 1 aromatic carbocycles. The molecule has 0 saturated heterocycles. The smallest absolute Gasteiger partial charge is 0.0698 e. The van der Waals surface area contributed by atoms with E-state index < -0.39 is 0 Å². The summed E-state index contributed by atoms with van der Waals surface area (Å²) < 4.78 is 1.84. The van der Waals surface area contributed by atoms with Crippen LogP contribution in [0.3, 0.4) is 0 Å². The van der Waals surface area contributed by atoms with Crippen molar-refractivity contribution >= 4 is 34.1 Å². The monoisotopic (exact) mass is 243 g/mol. The van der Waals surface area contributed by atoms with Crippen LogP contribution in [0.25, 0.3) is 10.9 Å². The first-order valence-electron chi connectivity index (χ1n) is 4.64. The SMILES string of the molecule is C[C@H](N)Cn1ncc2cc(Cl)c(Cl)cc21. The maximum absolute atomic E-state index is 5.95. The zero-order valence-electron chi connectivity index (χ0n) is 8.24. The Bertz CT molecular complexity index is 491. The third kappa shape index (κ3) is 2.09. The van der Waals surface area contributed by atoms with Gasteiger partial charge in [0.1, 0.15) is 0 Å². The van der Waals surface area contributed by atoms with Crippen molar-refractivity contribution in [1.82, 2.24) is 9.78 Å². The Balaban J connectivity index is 2.54. The summed E-state index contributed by atoms with van der Waals surface area (Å²) in [6.45, 7) is 2.60. The molecule has 0 aliphatic heterocycles. The van der Waals surface area contributed by atoms with Gasteiger partial charge in [0.15, 0.2) is 0 Å². The van der Waals surface area contributed by atoms with Gasteiger partial charge in [0.25, 0.3) is 0 Å². The zero-order chi connectivity index (χ0) is 11.0. The number of hydrogen-bond acceptors (Lipinski definition) is 2. The van der Waals surface area contributed by atoms with Gasteiger partial charge in [-0.05, 0) is 19.1 Å². The third-order valence-corrected chi connectivity index (χ3v) is 2.87. The normalized spacial score (nSPS) is 13.3. The minimum absolute atomic E-state index is 0.0579. The van der Waals surface area contributed by atoms with Gasteiger partial charge in [0, 0.05) is 11.4 Å². The fourth-order valence-electron chi connectivity index (χ4n) is 1.49. The Morgan fingerprint density at radius 3 is 2.73 bits per heavy atom. The van der Waals surface area contributed by atoms with Crippen LogP contribution in [-0.4, -0.2) is 15.8 Å². The van der Waals surface area contributed by atoms with Crippen LogP contribution in [0.1, 0.15) is 6.92 Å². The van der Waals surface area contributed by atoms with Gasteiger partial charge in [-0.25, -0.2) is 0 Å². The van der Waals surface area contributed by atoms with Crippen LogP contribution in [0.15, 0.2) is 18.3 Å². The molecule has 0 unspecified atom stereocenters. The highest BCUT2D eigenvalue weighted by Crippen LogP contribution is 2.27. The number of aromatic nitrogens is 2. The number of fused-ring (bicyclic) bond motifs is 1. The van der Waals surface area contributed by atoms with Gasteiger partial charge in [0.05, 0.1) is 28.3 Å². The quantitative estimate of drug-likeness (QED) is 0.882. The highest BCUT2D eigenvalue weighted by molar-refractivity contribution is 6.42. The predicted octanol–water partition coefficient (Wildman–Crippen LogP) is 2.69. The Morgan fingerprint density at radius 2 is 2.07 bits per heavy atom. The average Bonchev–Trinajstić information content (AvgIpc) is 2.49.